The van der Waals surface area contributed by atoms with Crippen molar-refractivity contribution >= 4 is 12.1 Å². The molecule has 0 bridgehead atoms. The molecule has 1 aromatic rings. The third-order valence-electron chi connectivity index (χ3n) is 2.62. The van der Waals surface area contributed by atoms with Gasteiger partial charge in [0.15, 0.2) is 0 Å². The van der Waals surface area contributed by atoms with Crippen LogP contribution in [-0.4, -0.2) is 73.7 Å². The van der Waals surface area contributed by atoms with E-state index >= 15 is 0 Å². The number of rotatable bonds is 7. The van der Waals surface area contributed by atoms with E-state index in [0.717, 1.165) is 6.21 Å². The maximum atomic E-state index is 11.6. The summed E-state index contributed by atoms with van der Waals surface area (Å²) in [6, 6.07) is 2.91. The second kappa shape index (κ2) is 8.39. The van der Waals surface area contributed by atoms with Crippen molar-refractivity contribution in [1.29, 1.82) is 0 Å². The highest BCUT2D eigenvalue weighted by Crippen LogP contribution is 2.03. The Morgan fingerprint density at radius 3 is 2.43 bits per heavy atom. The predicted octanol–water partition coefficient (Wildman–Crippen LogP) is -2.77. The Bertz CT molecular complexity index is 469. The number of hydrogen-bond acceptors (Lipinski definition) is 8. The molecule has 0 fully saturated rings. The first kappa shape index (κ1) is 17.1. The summed E-state index contributed by atoms with van der Waals surface area (Å²) in [5, 5.41) is 49.5. The van der Waals surface area contributed by atoms with E-state index in [9.17, 15) is 20.1 Å². The summed E-state index contributed by atoms with van der Waals surface area (Å²) >= 11 is 0. The molecule has 4 atom stereocenters. The van der Waals surface area contributed by atoms with Crippen LogP contribution < -0.4 is 5.43 Å². The minimum Gasteiger partial charge on any atom is -0.394 e. The van der Waals surface area contributed by atoms with E-state index in [2.05, 4.69) is 15.5 Å². The van der Waals surface area contributed by atoms with Gasteiger partial charge in [-0.3, -0.25) is 9.78 Å². The molecule has 0 unspecified atom stereocenters. The lowest BCUT2D eigenvalue weighted by molar-refractivity contribution is -0.0999. The van der Waals surface area contributed by atoms with Crippen LogP contribution in [0.1, 0.15) is 10.4 Å². The summed E-state index contributed by atoms with van der Waals surface area (Å²) in [6.07, 6.45) is -3.14. The van der Waals surface area contributed by atoms with Crippen molar-refractivity contribution in [2.45, 2.75) is 24.4 Å². The SMILES string of the molecule is O=C(N/N=C/[C@H](O)[C@@H](O)[C@@H](O)[C@@H](O)CO)c1ccncc1. The summed E-state index contributed by atoms with van der Waals surface area (Å²) in [4.78, 5) is 15.3. The van der Waals surface area contributed by atoms with E-state index in [1.165, 1.54) is 24.5 Å². The first-order chi connectivity index (χ1) is 9.97. The fraction of sp³-hybridized carbons (Fsp3) is 0.417. The Morgan fingerprint density at radius 2 is 1.86 bits per heavy atom. The fourth-order valence-electron chi connectivity index (χ4n) is 1.37. The summed E-state index contributed by atoms with van der Waals surface area (Å²) in [7, 11) is 0. The second-order valence-electron chi connectivity index (χ2n) is 4.18. The number of pyridine rings is 1. The molecule has 0 aliphatic rings. The Balaban J connectivity index is 2.51. The number of hydrazone groups is 1. The molecule has 0 saturated carbocycles. The minimum absolute atomic E-state index is 0.299. The highest BCUT2D eigenvalue weighted by molar-refractivity contribution is 5.94. The molecular formula is C12H17N3O6. The molecular weight excluding hydrogens is 282 g/mol. The van der Waals surface area contributed by atoms with Crippen molar-refractivity contribution in [1.82, 2.24) is 10.4 Å². The molecule has 0 aromatic carbocycles. The first-order valence-corrected chi connectivity index (χ1v) is 6.04. The summed E-state index contributed by atoms with van der Waals surface area (Å²) in [5.41, 5.74) is 2.40. The molecule has 9 heteroatoms. The van der Waals surface area contributed by atoms with E-state index in [0.29, 0.717) is 5.56 Å². The van der Waals surface area contributed by atoms with Gasteiger partial charge in [-0.25, -0.2) is 5.43 Å². The number of carbonyl (C=O) groups is 1. The quantitative estimate of drug-likeness (QED) is 0.235. The maximum Gasteiger partial charge on any atom is 0.271 e. The van der Waals surface area contributed by atoms with Gasteiger partial charge < -0.3 is 25.5 Å². The van der Waals surface area contributed by atoms with Crippen LogP contribution in [0.15, 0.2) is 29.6 Å². The normalized spacial score (nSPS) is 17.2. The number of hydrogen-bond donors (Lipinski definition) is 6. The van der Waals surface area contributed by atoms with Crippen molar-refractivity contribution in [3.63, 3.8) is 0 Å². The van der Waals surface area contributed by atoms with Crippen molar-refractivity contribution in [2.75, 3.05) is 6.61 Å². The zero-order valence-electron chi connectivity index (χ0n) is 10.9. The maximum absolute atomic E-state index is 11.6. The molecule has 116 valence electrons. The summed E-state index contributed by atoms with van der Waals surface area (Å²) < 4.78 is 0. The van der Waals surface area contributed by atoms with Crippen molar-refractivity contribution in [3.8, 4) is 0 Å². The Hall–Kier alpha value is -1.91. The van der Waals surface area contributed by atoms with Gasteiger partial charge in [-0.1, -0.05) is 0 Å². The van der Waals surface area contributed by atoms with Crippen molar-refractivity contribution in [2.24, 2.45) is 5.10 Å². The molecule has 0 aliphatic heterocycles. The fourth-order valence-corrected chi connectivity index (χ4v) is 1.37. The lowest BCUT2D eigenvalue weighted by Gasteiger charge is -2.23. The van der Waals surface area contributed by atoms with Crippen LogP contribution in [-0.2, 0) is 0 Å². The van der Waals surface area contributed by atoms with E-state index < -0.39 is 36.9 Å². The molecule has 1 rings (SSSR count). The number of aliphatic hydroxyl groups excluding tert-OH is 5. The van der Waals surface area contributed by atoms with Gasteiger partial charge in [0.2, 0.25) is 0 Å². The number of nitrogens with zero attached hydrogens (tertiary/aromatic N) is 2. The van der Waals surface area contributed by atoms with Crippen LogP contribution in [0.25, 0.3) is 0 Å². The average Bonchev–Trinajstić information content (AvgIpc) is 2.53. The lowest BCUT2D eigenvalue weighted by Crippen LogP contribution is -2.46. The van der Waals surface area contributed by atoms with E-state index in [4.69, 9.17) is 10.2 Å². The van der Waals surface area contributed by atoms with Gasteiger partial charge in [0.05, 0.1) is 12.8 Å². The van der Waals surface area contributed by atoms with E-state index in [1.807, 2.05) is 0 Å². The molecule has 9 nitrogen and oxygen atoms in total. The third kappa shape index (κ3) is 5.17. The second-order valence-corrected chi connectivity index (χ2v) is 4.18. The minimum atomic E-state index is -1.77. The van der Waals surface area contributed by atoms with E-state index in [1.54, 1.807) is 0 Å². The van der Waals surface area contributed by atoms with Gasteiger partial charge in [-0.05, 0) is 12.1 Å². The van der Waals surface area contributed by atoms with Gasteiger partial charge in [0.25, 0.3) is 5.91 Å². The Kier molecular flexibility index (Phi) is 6.85. The highest BCUT2D eigenvalue weighted by Gasteiger charge is 2.29. The highest BCUT2D eigenvalue weighted by atomic mass is 16.4. The number of nitrogens with one attached hydrogen (secondary N) is 1. The summed E-state index contributed by atoms with van der Waals surface area (Å²) in [5.74, 6) is -0.550. The van der Waals surface area contributed by atoms with Crippen LogP contribution >= 0.6 is 0 Å². The topological polar surface area (TPSA) is 156 Å². The molecule has 1 aromatic heterocycles. The average molecular weight is 299 g/mol. The molecule has 0 aliphatic carbocycles. The molecule has 21 heavy (non-hydrogen) atoms. The predicted molar refractivity (Wildman–Crippen MR) is 71.3 cm³/mol. The van der Waals surface area contributed by atoms with Crippen LogP contribution in [0.2, 0.25) is 0 Å². The lowest BCUT2D eigenvalue weighted by atomic mass is 10.0. The van der Waals surface area contributed by atoms with Crippen LogP contribution in [0.3, 0.4) is 0 Å². The Labute approximate surface area is 120 Å². The van der Waals surface area contributed by atoms with Crippen LogP contribution in [0.5, 0.6) is 0 Å². The number of amides is 1. The van der Waals surface area contributed by atoms with Crippen LogP contribution in [0.4, 0.5) is 0 Å². The molecule has 1 heterocycles. The Morgan fingerprint density at radius 1 is 1.24 bits per heavy atom. The molecule has 0 saturated heterocycles. The molecule has 0 spiro atoms. The van der Waals surface area contributed by atoms with Crippen molar-refractivity contribution in [3.05, 3.63) is 30.1 Å². The first-order valence-electron chi connectivity index (χ1n) is 6.04. The summed E-state index contributed by atoms with van der Waals surface area (Å²) in [6.45, 7) is -0.777. The largest absolute Gasteiger partial charge is 0.394 e. The van der Waals surface area contributed by atoms with Gasteiger partial charge in [-0.2, -0.15) is 5.10 Å². The molecule has 1 amide bonds. The zero-order chi connectivity index (χ0) is 15.8. The van der Waals surface area contributed by atoms with Gasteiger partial charge in [-0.15, -0.1) is 0 Å². The number of aromatic nitrogens is 1. The van der Waals surface area contributed by atoms with Crippen LogP contribution in [0, 0.1) is 0 Å². The molecule has 6 N–H and O–H groups in total. The number of aliphatic hydroxyl groups is 5. The standard InChI is InChI=1S/C12H17N3O6/c16-6-9(18)11(20)10(19)8(17)5-14-15-12(21)7-1-3-13-4-2-7/h1-5,8-11,16-20H,6H2,(H,15,21)/b14-5+/t8-,9-,10+,11-/m0/s1. The van der Waals surface area contributed by atoms with Gasteiger partial charge in [0, 0.05) is 18.0 Å². The van der Waals surface area contributed by atoms with Gasteiger partial charge >= 0.3 is 0 Å². The molecule has 0 radical (unpaired) electrons. The third-order valence-corrected chi connectivity index (χ3v) is 2.62. The van der Waals surface area contributed by atoms with Crippen molar-refractivity contribution < 1.29 is 30.3 Å². The zero-order valence-corrected chi connectivity index (χ0v) is 10.9. The monoisotopic (exact) mass is 299 g/mol. The smallest absolute Gasteiger partial charge is 0.271 e. The van der Waals surface area contributed by atoms with E-state index in [-0.39, 0.29) is 0 Å². The van der Waals surface area contributed by atoms with Gasteiger partial charge in [0.1, 0.15) is 24.4 Å². The number of carbonyl (C=O) groups excluding carboxylic acids is 1.